The number of nitrogens with zero attached hydrogens (tertiary/aromatic N) is 2. The molecule has 1 aromatic carbocycles. The van der Waals surface area contributed by atoms with Gasteiger partial charge in [-0.3, -0.25) is 4.79 Å². The molecule has 26 heavy (non-hydrogen) atoms. The van der Waals surface area contributed by atoms with Gasteiger partial charge in [0.05, 0.1) is 31.7 Å². The predicted octanol–water partition coefficient (Wildman–Crippen LogP) is 2.83. The van der Waals surface area contributed by atoms with Crippen LogP contribution < -0.4 is 14.8 Å². The molecule has 1 aliphatic carbocycles. The van der Waals surface area contributed by atoms with Gasteiger partial charge in [0, 0.05) is 17.5 Å². The molecule has 1 amide bonds. The molecule has 0 fully saturated rings. The van der Waals surface area contributed by atoms with E-state index in [9.17, 15) is 4.79 Å². The highest BCUT2D eigenvalue weighted by atomic mass is 16.5. The molecular weight excluding hydrogens is 332 g/mol. The number of carbonyl (C=O) groups excluding carboxylic acids is 1. The molecule has 0 unspecified atom stereocenters. The lowest BCUT2D eigenvalue weighted by atomic mass is 10.1. The van der Waals surface area contributed by atoms with Gasteiger partial charge in [0.2, 0.25) is 0 Å². The summed E-state index contributed by atoms with van der Waals surface area (Å²) >= 11 is 0. The largest absolute Gasteiger partial charge is 0.493 e. The highest BCUT2D eigenvalue weighted by Crippen LogP contribution is 2.32. The number of benzene rings is 1. The standard InChI is InChI=1S/C19H16N4O3/c1-25-15-7-6-11(8-16(15)26-2)14-10-21-18-17(23-14)13(9-20-18)19(24)22-12-4-3-5-12/h3-10H,1-2H3,(H,20,21)(H,22,24). The van der Waals surface area contributed by atoms with Gasteiger partial charge in [-0.25, -0.2) is 9.97 Å². The number of aromatic nitrogens is 3. The van der Waals surface area contributed by atoms with E-state index in [1.807, 2.05) is 30.4 Å². The molecule has 2 aromatic heterocycles. The first-order valence-electron chi connectivity index (χ1n) is 7.96. The molecule has 0 atom stereocenters. The third-order valence-corrected chi connectivity index (χ3v) is 4.11. The van der Waals surface area contributed by atoms with Crippen LogP contribution in [0.25, 0.3) is 22.4 Å². The minimum absolute atomic E-state index is 0.231. The van der Waals surface area contributed by atoms with E-state index in [0.717, 1.165) is 11.3 Å². The number of carbonyl (C=O) groups is 1. The summed E-state index contributed by atoms with van der Waals surface area (Å²) in [5.41, 5.74) is 3.73. The minimum atomic E-state index is -0.231. The van der Waals surface area contributed by atoms with Crippen LogP contribution in [-0.2, 0) is 0 Å². The fourth-order valence-electron chi connectivity index (χ4n) is 2.67. The van der Waals surface area contributed by atoms with Crippen molar-refractivity contribution in [2.75, 3.05) is 14.2 Å². The van der Waals surface area contributed by atoms with Gasteiger partial charge in [-0.1, -0.05) is 6.08 Å². The first-order valence-corrected chi connectivity index (χ1v) is 7.96. The average Bonchev–Trinajstić information content (AvgIpc) is 3.07. The zero-order valence-electron chi connectivity index (χ0n) is 14.2. The molecule has 0 radical (unpaired) electrons. The third-order valence-electron chi connectivity index (χ3n) is 4.11. The van der Waals surface area contributed by atoms with Crippen molar-refractivity contribution in [1.29, 1.82) is 0 Å². The van der Waals surface area contributed by atoms with E-state index in [1.165, 1.54) is 0 Å². The zero-order valence-corrected chi connectivity index (χ0v) is 14.2. The van der Waals surface area contributed by atoms with Crippen LogP contribution in [0.1, 0.15) is 10.4 Å². The van der Waals surface area contributed by atoms with Gasteiger partial charge in [-0.05, 0) is 30.4 Å². The van der Waals surface area contributed by atoms with Crippen LogP contribution >= 0.6 is 0 Å². The maximum Gasteiger partial charge on any atom is 0.259 e. The summed E-state index contributed by atoms with van der Waals surface area (Å²) in [4.78, 5) is 24.4. The van der Waals surface area contributed by atoms with Crippen molar-refractivity contribution in [3.63, 3.8) is 0 Å². The Morgan fingerprint density at radius 2 is 2.00 bits per heavy atom. The molecule has 3 aromatic rings. The first kappa shape index (κ1) is 15.9. The third kappa shape index (κ3) is 2.69. The number of hydrogen-bond donors (Lipinski definition) is 2. The van der Waals surface area contributed by atoms with E-state index in [4.69, 9.17) is 9.47 Å². The van der Waals surface area contributed by atoms with Crippen molar-refractivity contribution in [1.82, 2.24) is 20.3 Å². The first-order chi connectivity index (χ1) is 12.7. The summed E-state index contributed by atoms with van der Waals surface area (Å²) in [6.07, 6.45) is 8.78. The Balaban J connectivity index is 1.73. The Bertz CT molecular complexity index is 1070. The Kier molecular flexibility index (Phi) is 3.89. The van der Waals surface area contributed by atoms with Crippen molar-refractivity contribution in [3.8, 4) is 22.8 Å². The molecule has 4 rings (SSSR count). The fraction of sp³-hybridized carbons (Fsp3) is 0.105. The number of rotatable bonds is 5. The highest BCUT2D eigenvalue weighted by molar-refractivity contribution is 6.05. The second kappa shape index (κ2) is 6.36. The normalized spacial score (nSPS) is 12.5. The van der Waals surface area contributed by atoms with Crippen LogP contribution in [0, 0.1) is 0 Å². The Hall–Kier alpha value is -3.61. The topological polar surface area (TPSA) is 89.1 Å². The van der Waals surface area contributed by atoms with Gasteiger partial charge in [0.25, 0.3) is 5.91 Å². The van der Waals surface area contributed by atoms with Gasteiger partial charge in [-0.15, -0.1) is 0 Å². The molecule has 0 spiro atoms. The van der Waals surface area contributed by atoms with Gasteiger partial charge < -0.3 is 19.8 Å². The Labute approximate surface area is 149 Å². The lowest BCUT2D eigenvalue weighted by molar-refractivity contribution is 0.0968. The molecule has 7 heteroatoms. The van der Waals surface area contributed by atoms with Crippen LogP contribution in [0.2, 0.25) is 0 Å². The Morgan fingerprint density at radius 1 is 1.19 bits per heavy atom. The monoisotopic (exact) mass is 348 g/mol. The molecule has 7 nitrogen and oxygen atoms in total. The van der Waals surface area contributed by atoms with Gasteiger partial charge >= 0.3 is 0 Å². The number of methoxy groups -OCH3 is 2. The summed E-state index contributed by atoms with van der Waals surface area (Å²) in [5, 5.41) is 2.81. The van der Waals surface area contributed by atoms with Crippen LogP contribution in [0.4, 0.5) is 0 Å². The summed E-state index contributed by atoms with van der Waals surface area (Å²) < 4.78 is 10.6. The van der Waals surface area contributed by atoms with Crippen molar-refractivity contribution >= 4 is 17.1 Å². The van der Waals surface area contributed by atoms with Crippen molar-refractivity contribution in [3.05, 3.63) is 60.1 Å². The predicted molar refractivity (Wildman–Crippen MR) is 97.1 cm³/mol. The number of hydrogen-bond acceptors (Lipinski definition) is 5. The maximum atomic E-state index is 12.4. The van der Waals surface area contributed by atoms with Gasteiger partial charge in [0.1, 0.15) is 5.52 Å². The van der Waals surface area contributed by atoms with Crippen LogP contribution in [0.3, 0.4) is 0 Å². The number of allylic oxidation sites excluding steroid dienone is 3. The van der Waals surface area contributed by atoms with Crippen molar-refractivity contribution in [2.24, 2.45) is 0 Å². The number of nitrogens with one attached hydrogen (secondary N) is 2. The van der Waals surface area contributed by atoms with E-state index in [0.29, 0.717) is 33.9 Å². The summed E-state index contributed by atoms with van der Waals surface area (Å²) in [6, 6.07) is 5.50. The number of H-pyrrole nitrogens is 1. The van der Waals surface area contributed by atoms with E-state index in [-0.39, 0.29) is 5.91 Å². The van der Waals surface area contributed by atoms with Gasteiger partial charge in [-0.2, -0.15) is 0 Å². The van der Waals surface area contributed by atoms with E-state index in [2.05, 4.69) is 20.3 Å². The molecule has 2 heterocycles. The number of aromatic amines is 1. The lowest BCUT2D eigenvalue weighted by Gasteiger charge is -2.10. The SMILES string of the molecule is COc1ccc(-c2cnc3[nH]cc(C(=O)NC4=CC=C4)c3n2)cc1OC. The Morgan fingerprint density at radius 3 is 2.69 bits per heavy atom. The van der Waals surface area contributed by atoms with Crippen LogP contribution in [-0.4, -0.2) is 35.1 Å². The molecule has 0 aliphatic heterocycles. The quantitative estimate of drug-likeness (QED) is 0.740. The number of ether oxygens (including phenoxy) is 2. The molecule has 0 saturated heterocycles. The van der Waals surface area contributed by atoms with E-state index >= 15 is 0 Å². The molecule has 2 N–H and O–H groups in total. The zero-order chi connectivity index (χ0) is 18.1. The average molecular weight is 348 g/mol. The molecule has 0 saturated carbocycles. The van der Waals surface area contributed by atoms with Crippen LogP contribution in [0.5, 0.6) is 11.5 Å². The van der Waals surface area contributed by atoms with Crippen molar-refractivity contribution < 1.29 is 14.3 Å². The lowest BCUT2D eigenvalue weighted by Crippen LogP contribution is -2.23. The summed E-state index contributed by atoms with van der Waals surface area (Å²) in [5.74, 6) is 1.00. The number of fused-ring (bicyclic) bond motifs is 1. The van der Waals surface area contributed by atoms with Gasteiger partial charge in [0.15, 0.2) is 17.1 Å². The maximum absolute atomic E-state index is 12.4. The van der Waals surface area contributed by atoms with E-state index in [1.54, 1.807) is 32.7 Å². The smallest absolute Gasteiger partial charge is 0.259 e. The summed E-state index contributed by atoms with van der Waals surface area (Å²) in [6.45, 7) is 0. The summed E-state index contributed by atoms with van der Waals surface area (Å²) in [7, 11) is 3.16. The second-order valence-electron chi connectivity index (χ2n) is 5.66. The highest BCUT2D eigenvalue weighted by Gasteiger charge is 2.17. The second-order valence-corrected chi connectivity index (χ2v) is 5.66. The molecule has 130 valence electrons. The van der Waals surface area contributed by atoms with Crippen LogP contribution in [0.15, 0.2) is 54.5 Å². The fourth-order valence-corrected chi connectivity index (χ4v) is 2.67. The minimum Gasteiger partial charge on any atom is -0.493 e. The molecule has 1 aliphatic rings. The van der Waals surface area contributed by atoms with E-state index < -0.39 is 0 Å². The number of amides is 1. The van der Waals surface area contributed by atoms with Crippen molar-refractivity contribution in [2.45, 2.75) is 0 Å². The molecular formula is C19H16N4O3. The molecule has 0 bridgehead atoms.